The largest absolute Gasteiger partial charge is 0.508 e. The molecule has 0 spiro atoms. The number of nitrogens with one attached hydrogen (secondary N) is 3. The van der Waals surface area contributed by atoms with Crippen molar-refractivity contribution in [2.75, 3.05) is 13.7 Å². The number of fused-ring (bicyclic) bond motifs is 4. The third-order valence-corrected chi connectivity index (χ3v) is 9.23. The Hall–Kier alpha value is -4.22. The molecule has 2 aliphatic rings. The number of esters is 1. The first-order valence-electron chi connectivity index (χ1n) is 16.8. The lowest BCUT2D eigenvalue weighted by atomic mass is 9.93. The van der Waals surface area contributed by atoms with E-state index in [1.165, 1.54) is 17.1 Å². The van der Waals surface area contributed by atoms with Crippen LogP contribution in [-0.2, 0) is 35.1 Å². The summed E-state index contributed by atoms with van der Waals surface area (Å²) in [7, 11) is 1.57. The number of carbonyl (C=O) groups excluding carboxylic acids is 4. The maximum atomic E-state index is 14.2. The summed E-state index contributed by atoms with van der Waals surface area (Å²) in [4.78, 5) is 55.1. The molecule has 4 rings (SSSR count). The fourth-order valence-corrected chi connectivity index (χ4v) is 6.20. The molecule has 0 aliphatic carbocycles. The van der Waals surface area contributed by atoms with Crippen molar-refractivity contribution in [1.82, 2.24) is 21.1 Å². The van der Waals surface area contributed by atoms with E-state index in [-0.39, 0.29) is 24.0 Å². The zero-order valence-corrected chi connectivity index (χ0v) is 28.8. The third kappa shape index (κ3) is 9.23. The van der Waals surface area contributed by atoms with E-state index in [4.69, 9.17) is 9.47 Å². The summed E-state index contributed by atoms with van der Waals surface area (Å²) in [6.07, 6.45) is 5.33. The summed E-state index contributed by atoms with van der Waals surface area (Å²) in [5.41, 5.74) is 4.31. The number of nitrogens with zero attached hydrogens (tertiary/aromatic N) is 1. The fraction of sp³-hybridized carbons (Fsp3) is 0.514. The van der Waals surface area contributed by atoms with E-state index in [1.807, 2.05) is 57.2 Å². The molecule has 4 N–H and O–H groups in total. The summed E-state index contributed by atoms with van der Waals surface area (Å²) in [6.45, 7) is 9.25. The summed E-state index contributed by atoms with van der Waals surface area (Å²) in [5.74, 6) is -2.61. The van der Waals surface area contributed by atoms with Crippen LogP contribution in [0.15, 0.2) is 54.6 Å². The molecule has 0 unspecified atom stereocenters. The van der Waals surface area contributed by atoms with Crippen molar-refractivity contribution in [3.63, 3.8) is 0 Å². The Morgan fingerprint density at radius 2 is 1.79 bits per heavy atom. The predicted octanol–water partition coefficient (Wildman–Crippen LogP) is 4.21. The second kappa shape index (κ2) is 16.3. The van der Waals surface area contributed by atoms with Gasteiger partial charge >= 0.3 is 5.97 Å². The van der Waals surface area contributed by atoms with Crippen LogP contribution in [0, 0.1) is 11.8 Å². The molecule has 0 aromatic heterocycles. The van der Waals surface area contributed by atoms with Crippen LogP contribution in [0.2, 0.25) is 0 Å². The Bertz CT molecular complexity index is 1490. The number of phenolic OH excluding ortho intramolecular Hbond substituents is 1. The van der Waals surface area contributed by atoms with Gasteiger partial charge in [-0.3, -0.25) is 19.4 Å². The Morgan fingerprint density at radius 1 is 1.04 bits per heavy atom. The van der Waals surface area contributed by atoms with Gasteiger partial charge in [-0.15, -0.1) is 0 Å². The van der Waals surface area contributed by atoms with Crippen molar-refractivity contribution in [3.8, 4) is 5.75 Å². The van der Waals surface area contributed by atoms with Crippen molar-refractivity contribution in [1.29, 1.82) is 0 Å². The van der Waals surface area contributed by atoms with Gasteiger partial charge in [0.2, 0.25) is 11.8 Å². The number of methoxy groups -OCH3 is 1. The number of phenols is 1. The van der Waals surface area contributed by atoms with Crippen LogP contribution in [-0.4, -0.2) is 71.2 Å². The quantitative estimate of drug-likeness (QED) is 0.357. The van der Waals surface area contributed by atoms with E-state index in [9.17, 15) is 24.3 Å². The maximum Gasteiger partial charge on any atom is 0.328 e. The number of ether oxygens (including phenoxy) is 2. The topological polar surface area (TPSA) is 146 Å². The summed E-state index contributed by atoms with van der Waals surface area (Å²) >= 11 is 0. The average molecular weight is 663 g/mol. The van der Waals surface area contributed by atoms with Gasteiger partial charge in [0.15, 0.2) is 0 Å². The molecule has 0 saturated carbocycles. The molecule has 48 heavy (non-hydrogen) atoms. The van der Waals surface area contributed by atoms with Gasteiger partial charge < -0.3 is 25.2 Å². The molecule has 2 heterocycles. The highest BCUT2D eigenvalue weighted by atomic mass is 16.5. The molecule has 1 saturated heterocycles. The Kier molecular flexibility index (Phi) is 12.4. The first-order valence-corrected chi connectivity index (χ1v) is 16.8. The van der Waals surface area contributed by atoms with Crippen LogP contribution in [0.3, 0.4) is 0 Å². The molecule has 11 nitrogen and oxygen atoms in total. The normalized spacial score (nSPS) is 28.8. The molecule has 2 aromatic carbocycles. The minimum Gasteiger partial charge on any atom is -0.508 e. The minimum absolute atomic E-state index is 0.0280. The molecule has 2 aromatic rings. The number of hydrogen-bond acceptors (Lipinski definition) is 8. The number of cyclic esters (lactones) is 1. The molecule has 1 fully saturated rings. The van der Waals surface area contributed by atoms with Crippen molar-refractivity contribution < 1.29 is 33.8 Å². The molecular weight excluding hydrogens is 612 g/mol. The molecule has 4 bridgehead atoms. The summed E-state index contributed by atoms with van der Waals surface area (Å²) in [5, 5.41) is 17.3. The molecule has 6 atom stereocenters. The van der Waals surface area contributed by atoms with Gasteiger partial charge in [0, 0.05) is 20.1 Å². The molecule has 3 amide bonds. The van der Waals surface area contributed by atoms with Gasteiger partial charge in [0.1, 0.15) is 29.5 Å². The fourth-order valence-electron chi connectivity index (χ4n) is 6.20. The van der Waals surface area contributed by atoms with Gasteiger partial charge in [0.05, 0.1) is 12.0 Å². The van der Waals surface area contributed by atoms with E-state index < -0.39 is 53.5 Å². The van der Waals surface area contributed by atoms with Crippen molar-refractivity contribution in [3.05, 3.63) is 71.3 Å². The monoisotopic (exact) mass is 662 g/mol. The highest BCUT2D eigenvalue weighted by Gasteiger charge is 2.43. The van der Waals surface area contributed by atoms with E-state index >= 15 is 0 Å². The predicted molar refractivity (Wildman–Crippen MR) is 182 cm³/mol. The minimum atomic E-state index is -1.20. The number of amides is 3. The third-order valence-electron chi connectivity index (χ3n) is 9.23. The lowest BCUT2D eigenvalue weighted by Crippen LogP contribution is -2.66. The number of hydrazine groups is 1. The number of aromatic hydroxyl groups is 1. The first kappa shape index (κ1) is 36.6. The van der Waals surface area contributed by atoms with Crippen LogP contribution in [0.5, 0.6) is 5.75 Å². The van der Waals surface area contributed by atoms with Crippen LogP contribution in [0.25, 0.3) is 6.08 Å². The Labute approximate surface area is 283 Å². The number of benzene rings is 2. The molecule has 11 heteroatoms. The van der Waals surface area contributed by atoms with E-state index in [0.29, 0.717) is 37.8 Å². The van der Waals surface area contributed by atoms with Crippen LogP contribution >= 0.6 is 0 Å². The molecule has 2 aliphatic heterocycles. The standard InChI is InChI=1S/C37H50N4O7/c1-23(2)32-34(44)38-30(22-27-14-10-16-29(42)21-27)35(45)41-19-11-18-37(5,40-41)36(46)48-25(4)28-15-9-13-26(20-28)12-7-8-17-31(47-6)24(3)33(43)39-32/h7,9-10,12-16,20-21,23-25,30-32,40,42H,8,11,17-19,22H2,1-6H3,(H,38,44)(H,39,43)/b12-7+/t24-,25-,30+,31-,32+,37+/m1/s1. The number of hydrogen-bond donors (Lipinski definition) is 4. The maximum absolute atomic E-state index is 14.2. The van der Waals surface area contributed by atoms with Crippen molar-refractivity contribution >= 4 is 29.8 Å². The van der Waals surface area contributed by atoms with Gasteiger partial charge in [-0.1, -0.05) is 63.3 Å². The van der Waals surface area contributed by atoms with Crippen LogP contribution < -0.4 is 16.1 Å². The molecule has 0 radical (unpaired) electrons. The molecular formula is C37H50N4O7. The Morgan fingerprint density at radius 3 is 2.50 bits per heavy atom. The number of allylic oxidation sites excluding steroid dienone is 1. The SMILES string of the molecule is CO[C@@H]1CC/C=C/c2cccc(c2)[C@@H](C)OC(=O)[C@]2(C)CCCN(N2)C(=O)[C@H](Cc2cccc(O)c2)NC(=O)[C@H](C(C)C)NC(=O)[C@@H]1C. The highest BCUT2D eigenvalue weighted by Crippen LogP contribution is 2.27. The molecule has 260 valence electrons. The van der Waals surface area contributed by atoms with E-state index in [1.54, 1.807) is 33.1 Å². The number of rotatable bonds is 4. The van der Waals surface area contributed by atoms with Gasteiger partial charge in [-0.05, 0) is 80.3 Å². The first-order chi connectivity index (χ1) is 22.8. The van der Waals surface area contributed by atoms with Crippen molar-refractivity contribution in [2.45, 2.75) is 96.6 Å². The van der Waals surface area contributed by atoms with Crippen LogP contribution in [0.1, 0.15) is 83.1 Å². The summed E-state index contributed by atoms with van der Waals surface area (Å²) < 4.78 is 11.6. The van der Waals surface area contributed by atoms with Gasteiger partial charge in [-0.25, -0.2) is 10.2 Å². The zero-order chi connectivity index (χ0) is 35.0. The second-order valence-corrected chi connectivity index (χ2v) is 13.5. The number of carbonyl (C=O) groups is 4. The summed E-state index contributed by atoms with van der Waals surface area (Å²) in [6, 6.07) is 12.2. The van der Waals surface area contributed by atoms with Gasteiger partial charge in [-0.2, -0.15) is 0 Å². The van der Waals surface area contributed by atoms with Crippen LogP contribution in [0.4, 0.5) is 0 Å². The lowest BCUT2D eigenvalue weighted by molar-refractivity contribution is -0.164. The van der Waals surface area contributed by atoms with E-state index in [2.05, 4.69) is 16.1 Å². The zero-order valence-electron chi connectivity index (χ0n) is 28.8. The smallest absolute Gasteiger partial charge is 0.328 e. The van der Waals surface area contributed by atoms with Gasteiger partial charge in [0.25, 0.3) is 5.91 Å². The van der Waals surface area contributed by atoms with E-state index in [0.717, 1.165) is 11.1 Å². The Balaban J connectivity index is 1.69. The van der Waals surface area contributed by atoms with Crippen molar-refractivity contribution in [2.24, 2.45) is 11.8 Å². The lowest BCUT2D eigenvalue weighted by Gasteiger charge is -2.41. The highest BCUT2D eigenvalue weighted by molar-refractivity contribution is 5.93. The average Bonchev–Trinajstić information content (AvgIpc) is 3.05. The second-order valence-electron chi connectivity index (χ2n) is 13.5.